The van der Waals surface area contributed by atoms with Crippen molar-refractivity contribution in [3.8, 4) is 23.0 Å². The van der Waals surface area contributed by atoms with E-state index in [0.29, 0.717) is 17.1 Å². The smallest absolute Gasteiger partial charge is 0.335 e. The maximum atomic E-state index is 13.0. The van der Waals surface area contributed by atoms with Gasteiger partial charge in [0.2, 0.25) is 6.79 Å². The van der Waals surface area contributed by atoms with Crippen LogP contribution in [-0.4, -0.2) is 36.4 Å². The number of rotatable bonds is 4. The Labute approximate surface area is 175 Å². The quantitative estimate of drug-likeness (QED) is 0.566. The van der Waals surface area contributed by atoms with Crippen molar-refractivity contribution in [1.82, 2.24) is 5.32 Å². The number of ether oxygens (including phenoxy) is 3. The van der Waals surface area contributed by atoms with Crippen molar-refractivity contribution in [3.63, 3.8) is 0 Å². The number of anilines is 1. The van der Waals surface area contributed by atoms with Gasteiger partial charge in [0.25, 0.3) is 11.8 Å². The van der Waals surface area contributed by atoms with Crippen LogP contribution in [0.25, 0.3) is 6.08 Å². The summed E-state index contributed by atoms with van der Waals surface area (Å²) >= 11 is 6.01. The monoisotopic (exact) mass is 430 g/mol. The van der Waals surface area contributed by atoms with Crippen molar-refractivity contribution in [2.24, 2.45) is 0 Å². The molecule has 0 aliphatic carbocycles. The standard InChI is InChI=1S/C20H15ClN2O7/c1-2-28-16-7-10(6-13(21)17(16)24)5-12-18(25)22-20(27)23(19(12)26)11-3-4-14-15(8-11)30-9-29-14/h3-8,24H,2,9H2,1H3,(H,22,25,27)/b12-5+. The second-order valence-electron chi connectivity index (χ2n) is 6.28. The van der Waals surface area contributed by atoms with E-state index in [1.807, 2.05) is 0 Å². The first-order chi connectivity index (χ1) is 14.4. The molecule has 0 bridgehead atoms. The molecule has 0 spiro atoms. The molecule has 2 aromatic rings. The van der Waals surface area contributed by atoms with Crippen LogP contribution in [0.2, 0.25) is 5.02 Å². The van der Waals surface area contributed by atoms with Crippen LogP contribution < -0.4 is 24.4 Å². The molecule has 0 atom stereocenters. The third-order valence-electron chi connectivity index (χ3n) is 4.38. The Morgan fingerprint density at radius 3 is 2.73 bits per heavy atom. The van der Waals surface area contributed by atoms with Crippen LogP contribution in [0.3, 0.4) is 0 Å². The second kappa shape index (κ2) is 7.60. The lowest BCUT2D eigenvalue weighted by atomic mass is 10.1. The van der Waals surface area contributed by atoms with Gasteiger partial charge in [-0.15, -0.1) is 0 Å². The average Bonchev–Trinajstić information content (AvgIpc) is 3.17. The lowest BCUT2D eigenvalue weighted by Crippen LogP contribution is -2.54. The number of imide groups is 2. The zero-order valence-corrected chi connectivity index (χ0v) is 16.4. The van der Waals surface area contributed by atoms with Gasteiger partial charge in [-0.05, 0) is 42.8 Å². The number of amides is 4. The fourth-order valence-corrected chi connectivity index (χ4v) is 3.24. The summed E-state index contributed by atoms with van der Waals surface area (Å²) in [6.07, 6.45) is 1.26. The molecule has 1 saturated heterocycles. The van der Waals surface area contributed by atoms with Gasteiger partial charge in [-0.25, -0.2) is 9.69 Å². The predicted molar refractivity (Wildman–Crippen MR) is 106 cm³/mol. The summed E-state index contributed by atoms with van der Waals surface area (Å²) in [4.78, 5) is 38.5. The molecule has 30 heavy (non-hydrogen) atoms. The van der Waals surface area contributed by atoms with E-state index in [4.69, 9.17) is 25.8 Å². The highest BCUT2D eigenvalue weighted by Gasteiger charge is 2.37. The van der Waals surface area contributed by atoms with E-state index >= 15 is 0 Å². The Kier molecular flexibility index (Phi) is 4.96. The molecule has 2 heterocycles. The number of phenols is 1. The van der Waals surface area contributed by atoms with Crippen molar-refractivity contribution >= 4 is 41.2 Å². The normalized spacial score (nSPS) is 16.8. The Morgan fingerprint density at radius 1 is 1.20 bits per heavy atom. The first-order valence-corrected chi connectivity index (χ1v) is 9.23. The van der Waals surface area contributed by atoms with Crippen molar-refractivity contribution in [2.45, 2.75) is 6.92 Å². The first-order valence-electron chi connectivity index (χ1n) is 8.85. The predicted octanol–water partition coefficient (Wildman–Crippen LogP) is 2.84. The molecule has 2 N–H and O–H groups in total. The number of barbiturate groups is 1. The van der Waals surface area contributed by atoms with Gasteiger partial charge in [0.1, 0.15) is 5.57 Å². The summed E-state index contributed by atoms with van der Waals surface area (Å²) in [5.41, 5.74) is 0.245. The number of nitrogens with one attached hydrogen (secondary N) is 1. The number of fused-ring (bicyclic) bond motifs is 1. The minimum Gasteiger partial charge on any atom is -0.503 e. The lowest BCUT2D eigenvalue weighted by molar-refractivity contribution is -0.122. The molecule has 0 unspecified atom stereocenters. The fourth-order valence-electron chi connectivity index (χ4n) is 3.03. The summed E-state index contributed by atoms with van der Waals surface area (Å²) in [7, 11) is 0. The van der Waals surface area contributed by atoms with Crippen molar-refractivity contribution < 1.29 is 33.7 Å². The Morgan fingerprint density at radius 2 is 1.97 bits per heavy atom. The molecule has 0 radical (unpaired) electrons. The van der Waals surface area contributed by atoms with Gasteiger partial charge in [-0.3, -0.25) is 14.9 Å². The topological polar surface area (TPSA) is 114 Å². The van der Waals surface area contributed by atoms with E-state index in [1.54, 1.807) is 13.0 Å². The number of hydrogen-bond acceptors (Lipinski definition) is 7. The number of benzene rings is 2. The lowest BCUT2D eigenvalue weighted by Gasteiger charge is -2.26. The number of aromatic hydroxyl groups is 1. The highest BCUT2D eigenvalue weighted by atomic mass is 35.5. The zero-order chi connectivity index (χ0) is 21.4. The molecule has 0 saturated carbocycles. The van der Waals surface area contributed by atoms with E-state index in [9.17, 15) is 19.5 Å². The number of urea groups is 1. The largest absolute Gasteiger partial charge is 0.503 e. The minimum absolute atomic E-state index is 0.0137. The Balaban J connectivity index is 1.73. The van der Waals surface area contributed by atoms with E-state index in [2.05, 4.69) is 5.32 Å². The number of carbonyl (C=O) groups is 3. The molecule has 10 heteroatoms. The molecule has 0 aromatic heterocycles. The summed E-state index contributed by atoms with van der Waals surface area (Å²) in [5, 5.41) is 12.1. The average molecular weight is 431 g/mol. The van der Waals surface area contributed by atoms with Gasteiger partial charge in [0.15, 0.2) is 23.0 Å². The van der Waals surface area contributed by atoms with Gasteiger partial charge in [0, 0.05) is 6.07 Å². The summed E-state index contributed by atoms with van der Waals surface area (Å²) < 4.78 is 15.8. The van der Waals surface area contributed by atoms with Gasteiger partial charge in [-0.1, -0.05) is 11.6 Å². The second-order valence-corrected chi connectivity index (χ2v) is 6.69. The van der Waals surface area contributed by atoms with E-state index in [0.717, 1.165) is 4.90 Å². The summed E-state index contributed by atoms with van der Waals surface area (Å²) in [5.74, 6) is -0.977. The van der Waals surface area contributed by atoms with Gasteiger partial charge in [0.05, 0.1) is 17.3 Å². The van der Waals surface area contributed by atoms with Crippen LogP contribution in [0.1, 0.15) is 12.5 Å². The minimum atomic E-state index is -0.889. The van der Waals surface area contributed by atoms with Gasteiger partial charge >= 0.3 is 6.03 Å². The number of carbonyl (C=O) groups excluding carboxylic acids is 3. The number of halogens is 1. The maximum Gasteiger partial charge on any atom is 0.335 e. The third kappa shape index (κ3) is 3.39. The molecule has 4 rings (SSSR count). The summed E-state index contributed by atoms with van der Waals surface area (Å²) in [6, 6.07) is 6.45. The number of nitrogens with zero attached hydrogens (tertiary/aromatic N) is 1. The molecule has 4 amide bonds. The molecular formula is C20H15ClN2O7. The van der Waals surface area contributed by atoms with Crippen LogP contribution >= 0.6 is 11.6 Å². The van der Waals surface area contributed by atoms with E-state index in [1.165, 1.54) is 30.3 Å². The SMILES string of the molecule is CCOc1cc(/C=C2\C(=O)NC(=O)N(c3ccc4c(c3)OCO4)C2=O)cc(Cl)c1O. The van der Waals surface area contributed by atoms with Crippen LogP contribution in [-0.2, 0) is 9.59 Å². The highest BCUT2D eigenvalue weighted by Crippen LogP contribution is 2.38. The molecule has 9 nitrogen and oxygen atoms in total. The number of hydrogen-bond donors (Lipinski definition) is 2. The van der Waals surface area contributed by atoms with Crippen molar-refractivity contribution in [3.05, 3.63) is 46.5 Å². The Hall–Kier alpha value is -3.72. The maximum absolute atomic E-state index is 13.0. The van der Waals surface area contributed by atoms with Crippen molar-refractivity contribution in [1.29, 1.82) is 0 Å². The zero-order valence-electron chi connectivity index (χ0n) is 15.6. The Bertz CT molecular complexity index is 1110. The number of phenolic OH excluding ortho intramolecular Hbond substituents is 1. The molecule has 2 aliphatic heterocycles. The van der Waals surface area contributed by atoms with Crippen molar-refractivity contribution in [2.75, 3.05) is 18.3 Å². The fraction of sp³-hybridized carbons (Fsp3) is 0.150. The van der Waals surface area contributed by atoms with Crippen LogP contribution in [0.5, 0.6) is 23.0 Å². The van der Waals surface area contributed by atoms with E-state index < -0.39 is 17.8 Å². The van der Waals surface area contributed by atoms with Crippen LogP contribution in [0.4, 0.5) is 10.5 Å². The summed E-state index contributed by atoms with van der Waals surface area (Å²) in [6.45, 7) is 2.04. The highest BCUT2D eigenvalue weighted by molar-refractivity contribution is 6.39. The van der Waals surface area contributed by atoms with E-state index in [-0.39, 0.29) is 41.2 Å². The van der Waals surface area contributed by atoms with Gasteiger partial charge in [-0.2, -0.15) is 0 Å². The van der Waals surface area contributed by atoms with Crippen LogP contribution in [0.15, 0.2) is 35.9 Å². The van der Waals surface area contributed by atoms with Gasteiger partial charge < -0.3 is 19.3 Å². The molecule has 154 valence electrons. The molecule has 2 aliphatic rings. The molecule has 1 fully saturated rings. The van der Waals surface area contributed by atoms with Crippen LogP contribution in [0, 0.1) is 0 Å². The third-order valence-corrected chi connectivity index (χ3v) is 4.67. The first kappa shape index (κ1) is 19.6. The molecular weight excluding hydrogens is 416 g/mol. The molecule has 2 aromatic carbocycles.